The number of nitro groups is 1. The Morgan fingerprint density at radius 1 is 1.42 bits per heavy atom. The van der Waals surface area contributed by atoms with Gasteiger partial charge in [0.1, 0.15) is 0 Å². The predicted octanol–water partition coefficient (Wildman–Crippen LogP) is 3.10. The van der Waals surface area contributed by atoms with Gasteiger partial charge in [-0.05, 0) is 34.8 Å². The number of halogens is 1. The number of nitrogens with zero attached hydrogens (tertiary/aromatic N) is 2. The van der Waals surface area contributed by atoms with Gasteiger partial charge >= 0.3 is 0 Å². The number of hydrogen-bond donors (Lipinski definition) is 1. The Kier molecular flexibility index (Phi) is 4.76. The van der Waals surface area contributed by atoms with E-state index in [1.807, 2.05) is 0 Å². The van der Waals surface area contributed by atoms with Gasteiger partial charge in [0.2, 0.25) is 0 Å². The van der Waals surface area contributed by atoms with Gasteiger partial charge in [0.05, 0.1) is 23.3 Å². The Labute approximate surface area is 120 Å². The summed E-state index contributed by atoms with van der Waals surface area (Å²) in [5.74, 6) is 0. The van der Waals surface area contributed by atoms with E-state index in [0.29, 0.717) is 4.47 Å². The molecule has 0 radical (unpaired) electrons. The number of non-ortho nitro benzene ring substituents is 1. The zero-order chi connectivity index (χ0) is 13.8. The van der Waals surface area contributed by atoms with Crippen LogP contribution in [0.25, 0.3) is 0 Å². The van der Waals surface area contributed by atoms with Crippen LogP contribution in [0.4, 0.5) is 11.4 Å². The molecule has 1 fully saturated rings. The van der Waals surface area contributed by atoms with E-state index in [4.69, 9.17) is 0 Å². The third-order valence-electron chi connectivity index (χ3n) is 3.54. The highest BCUT2D eigenvalue weighted by Crippen LogP contribution is 2.33. The van der Waals surface area contributed by atoms with E-state index >= 15 is 0 Å². The van der Waals surface area contributed by atoms with E-state index in [1.54, 1.807) is 6.07 Å². The van der Waals surface area contributed by atoms with Crippen LogP contribution in [0, 0.1) is 10.1 Å². The summed E-state index contributed by atoms with van der Waals surface area (Å²) in [4.78, 5) is 12.5. The van der Waals surface area contributed by atoms with Crippen molar-refractivity contribution in [1.82, 2.24) is 0 Å². The van der Waals surface area contributed by atoms with E-state index in [2.05, 4.69) is 20.8 Å². The average Bonchev–Trinajstić information content (AvgIpc) is 2.63. The molecule has 1 saturated heterocycles. The Hall–Kier alpha value is -1.14. The maximum atomic E-state index is 10.7. The molecule has 104 valence electrons. The summed E-state index contributed by atoms with van der Waals surface area (Å²) in [6.45, 7) is 0.991. The molecule has 0 spiro atoms. The number of aliphatic hydroxyl groups is 1. The largest absolute Gasteiger partial charge is 0.394 e. The molecule has 1 N–H and O–H groups in total. The molecule has 1 aliphatic rings. The van der Waals surface area contributed by atoms with Crippen molar-refractivity contribution in [2.24, 2.45) is 0 Å². The van der Waals surface area contributed by atoms with Crippen molar-refractivity contribution >= 4 is 27.3 Å². The van der Waals surface area contributed by atoms with Gasteiger partial charge in [0.15, 0.2) is 0 Å². The second-order valence-corrected chi connectivity index (χ2v) is 5.63. The Balaban J connectivity index is 2.30. The molecule has 1 aliphatic heterocycles. The monoisotopic (exact) mass is 328 g/mol. The molecule has 0 bridgehead atoms. The first kappa shape index (κ1) is 14.3. The molecule has 0 aliphatic carbocycles. The smallest absolute Gasteiger partial charge is 0.270 e. The lowest BCUT2D eigenvalue weighted by Gasteiger charge is -2.31. The lowest BCUT2D eigenvalue weighted by Crippen LogP contribution is -2.37. The minimum Gasteiger partial charge on any atom is -0.394 e. The van der Waals surface area contributed by atoms with Crippen molar-refractivity contribution < 1.29 is 10.0 Å². The molecular formula is C13H17BrN2O3. The maximum Gasteiger partial charge on any atom is 0.270 e. The highest BCUT2D eigenvalue weighted by molar-refractivity contribution is 9.10. The number of anilines is 1. The first-order valence-electron chi connectivity index (χ1n) is 6.45. The van der Waals surface area contributed by atoms with Crippen LogP contribution >= 0.6 is 15.9 Å². The van der Waals surface area contributed by atoms with Gasteiger partial charge in [-0.15, -0.1) is 0 Å². The lowest BCUT2D eigenvalue weighted by molar-refractivity contribution is -0.384. The van der Waals surface area contributed by atoms with Crippen LogP contribution in [-0.2, 0) is 0 Å². The van der Waals surface area contributed by atoms with Gasteiger partial charge in [-0.25, -0.2) is 0 Å². The molecule has 1 unspecified atom stereocenters. The highest BCUT2D eigenvalue weighted by Gasteiger charge is 2.23. The molecule has 1 aromatic carbocycles. The van der Waals surface area contributed by atoms with Crippen LogP contribution < -0.4 is 4.90 Å². The summed E-state index contributed by atoms with van der Waals surface area (Å²) >= 11 is 3.41. The quantitative estimate of drug-likeness (QED) is 0.683. The molecule has 0 aromatic heterocycles. The van der Waals surface area contributed by atoms with Crippen LogP contribution in [-0.4, -0.2) is 29.2 Å². The number of hydrogen-bond acceptors (Lipinski definition) is 4. The molecule has 0 saturated carbocycles. The van der Waals surface area contributed by atoms with Crippen LogP contribution in [0.15, 0.2) is 22.7 Å². The number of aliphatic hydroxyl groups excluding tert-OH is 1. The minimum atomic E-state index is -0.402. The highest BCUT2D eigenvalue weighted by atomic mass is 79.9. The summed E-state index contributed by atoms with van der Waals surface area (Å²) in [6.07, 6.45) is 4.32. The van der Waals surface area contributed by atoms with Crippen LogP contribution in [0.5, 0.6) is 0 Å². The second kappa shape index (κ2) is 6.34. The fraction of sp³-hybridized carbons (Fsp3) is 0.538. The van der Waals surface area contributed by atoms with Crippen LogP contribution in [0.2, 0.25) is 0 Å². The molecule has 1 heterocycles. The SMILES string of the molecule is O=[N+]([O-])c1ccc(N2CCCCCC2CO)c(Br)c1. The first-order valence-corrected chi connectivity index (χ1v) is 7.24. The minimum absolute atomic E-state index is 0.0750. The summed E-state index contributed by atoms with van der Waals surface area (Å²) < 4.78 is 0.710. The van der Waals surface area contributed by atoms with Crippen molar-refractivity contribution in [3.05, 3.63) is 32.8 Å². The number of nitro benzene ring substituents is 1. The standard InChI is InChI=1S/C13H17BrN2O3/c14-12-8-10(16(18)19)5-6-13(12)15-7-3-1-2-4-11(15)9-17/h5-6,8,11,17H,1-4,7,9H2. The van der Waals surface area contributed by atoms with E-state index in [9.17, 15) is 15.2 Å². The van der Waals surface area contributed by atoms with Gasteiger partial charge in [0.25, 0.3) is 5.69 Å². The van der Waals surface area contributed by atoms with Gasteiger partial charge < -0.3 is 10.0 Å². The van der Waals surface area contributed by atoms with Gasteiger partial charge in [0, 0.05) is 23.2 Å². The molecule has 5 nitrogen and oxygen atoms in total. The van der Waals surface area contributed by atoms with Gasteiger partial charge in [-0.1, -0.05) is 12.8 Å². The predicted molar refractivity (Wildman–Crippen MR) is 77.5 cm³/mol. The maximum absolute atomic E-state index is 10.7. The van der Waals surface area contributed by atoms with Crippen molar-refractivity contribution in [3.8, 4) is 0 Å². The zero-order valence-electron chi connectivity index (χ0n) is 10.6. The third-order valence-corrected chi connectivity index (χ3v) is 4.17. The van der Waals surface area contributed by atoms with Crippen LogP contribution in [0.3, 0.4) is 0 Å². The Morgan fingerprint density at radius 2 is 2.21 bits per heavy atom. The lowest BCUT2D eigenvalue weighted by atomic mass is 10.1. The zero-order valence-corrected chi connectivity index (χ0v) is 12.2. The summed E-state index contributed by atoms with van der Waals surface area (Å²) in [5.41, 5.74) is 0.998. The van der Waals surface area contributed by atoms with Crippen molar-refractivity contribution in [1.29, 1.82) is 0 Å². The van der Waals surface area contributed by atoms with Gasteiger partial charge in [-0.3, -0.25) is 10.1 Å². The topological polar surface area (TPSA) is 66.6 Å². The van der Waals surface area contributed by atoms with Crippen LogP contribution in [0.1, 0.15) is 25.7 Å². The summed E-state index contributed by atoms with van der Waals surface area (Å²) in [7, 11) is 0. The van der Waals surface area contributed by atoms with E-state index in [1.165, 1.54) is 12.1 Å². The molecule has 19 heavy (non-hydrogen) atoms. The van der Waals surface area contributed by atoms with E-state index in [0.717, 1.165) is 37.9 Å². The second-order valence-electron chi connectivity index (χ2n) is 4.77. The molecule has 2 rings (SSSR count). The summed E-state index contributed by atoms with van der Waals surface area (Å²) in [6, 6.07) is 4.89. The number of benzene rings is 1. The van der Waals surface area contributed by atoms with Gasteiger partial charge in [-0.2, -0.15) is 0 Å². The fourth-order valence-electron chi connectivity index (χ4n) is 2.53. The number of rotatable bonds is 3. The normalized spacial score (nSPS) is 20.1. The van der Waals surface area contributed by atoms with Crippen molar-refractivity contribution in [3.63, 3.8) is 0 Å². The van der Waals surface area contributed by atoms with Crippen molar-refractivity contribution in [2.45, 2.75) is 31.7 Å². The summed E-state index contributed by atoms with van der Waals surface area (Å²) in [5, 5.41) is 20.3. The molecular weight excluding hydrogens is 312 g/mol. The van der Waals surface area contributed by atoms with Crippen molar-refractivity contribution in [2.75, 3.05) is 18.1 Å². The van der Waals surface area contributed by atoms with E-state index < -0.39 is 4.92 Å². The Morgan fingerprint density at radius 3 is 2.84 bits per heavy atom. The fourth-order valence-corrected chi connectivity index (χ4v) is 3.12. The molecule has 6 heteroatoms. The van der Waals surface area contributed by atoms with E-state index in [-0.39, 0.29) is 18.3 Å². The first-order chi connectivity index (χ1) is 9.13. The average molecular weight is 329 g/mol. The third kappa shape index (κ3) is 3.25. The molecule has 0 amide bonds. The molecule has 1 aromatic rings. The Bertz CT molecular complexity index is 467. The molecule has 1 atom stereocenters.